The average Bonchev–Trinajstić information content (AvgIpc) is 3.51. The van der Waals surface area contributed by atoms with Gasteiger partial charge in [-0.2, -0.15) is 4.98 Å². The zero-order valence-electron chi connectivity index (χ0n) is 32.9. The van der Waals surface area contributed by atoms with Crippen molar-refractivity contribution < 1.29 is 87.6 Å². The third kappa shape index (κ3) is 14.8. The third-order valence-corrected chi connectivity index (χ3v) is 12.8. The Labute approximate surface area is 361 Å². The summed E-state index contributed by atoms with van der Waals surface area (Å²) in [5, 5.41) is 75.9. The van der Waals surface area contributed by atoms with Gasteiger partial charge in [0.25, 0.3) is 5.79 Å². The maximum atomic E-state index is 13.1. The number of aliphatic carboxylic acids is 1. The number of nitrogens with zero attached hydrogens (tertiary/aromatic N) is 3. The summed E-state index contributed by atoms with van der Waals surface area (Å²) in [6, 6.07) is 6.76. The van der Waals surface area contributed by atoms with Crippen LogP contribution >= 0.6 is 29.4 Å². The summed E-state index contributed by atoms with van der Waals surface area (Å²) in [5.41, 5.74) is 4.49. The van der Waals surface area contributed by atoms with Crippen molar-refractivity contribution in [3.05, 3.63) is 47.1 Å². The zero-order valence-corrected chi connectivity index (χ0v) is 35.4. The summed E-state index contributed by atoms with van der Waals surface area (Å²) >= 11 is 0. The van der Waals surface area contributed by atoms with Gasteiger partial charge in [0.1, 0.15) is 47.1 Å². The van der Waals surface area contributed by atoms with Crippen LogP contribution in [-0.2, 0) is 47.0 Å². The molecule has 24 nitrogen and oxygen atoms in total. The van der Waals surface area contributed by atoms with Crippen LogP contribution in [0.15, 0.2) is 46.5 Å². The van der Waals surface area contributed by atoms with Gasteiger partial charge in [-0.25, -0.2) is 23.7 Å². The fraction of sp³-hybridized carbons (Fsp3) is 0.629. The van der Waals surface area contributed by atoms with E-state index in [-0.39, 0.29) is 31.2 Å². The predicted octanol–water partition coefficient (Wildman–Crippen LogP) is -2.10. The van der Waals surface area contributed by atoms with Gasteiger partial charge in [0.2, 0.25) is 5.91 Å². The van der Waals surface area contributed by atoms with Gasteiger partial charge >= 0.3 is 19.5 Å². The Hall–Kier alpha value is -3.44. The number of nitrogen functional groups attached to an aromatic ring is 1. The molecule has 2 saturated heterocycles. The number of carbonyl (C=O) groups excluding carboxylic acids is 3. The third-order valence-electron chi connectivity index (χ3n) is 9.50. The van der Waals surface area contributed by atoms with Crippen molar-refractivity contribution in [2.24, 2.45) is 5.92 Å². The van der Waals surface area contributed by atoms with E-state index in [9.17, 15) is 69.2 Å². The van der Waals surface area contributed by atoms with Gasteiger partial charge in [0, 0.05) is 62.8 Å². The number of phosphoric ester groups is 1. The number of Topliss-reactive ketones (excluding diaryl/α,β-unsaturated/α-hetero) is 2. The molecule has 0 aliphatic carbocycles. The number of hydrogen-bond acceptors (Lipinski definition) is 22. The SMILES string of the molecule is Nc1ccn([C@@H]2O[C@H](COP(=O)(O)OC3(C(=O)O)CC(O)C(CC(=O)CNC(=O)CCOCCCC(=O)CCSSc4ccccn4)C(C(O)[C@H](O)CO)O3)[C@H](O)C2O)c(=O)n1. The normalized spacial score (nSPS) is 26.9. The molecule has 0 radical (unpaired) electrons. The molecule has 4 heterocycles. The number of aromatic nitrogens is 3. The highest BCUT2D eigenvalue weighted by atomic mass is 33.1. The number of carbonyl (C=O) groups is 4. The highest BCUT2D eigenvalue weighted by Crippen LogP contribution is 2.52. The summed E-state index contributed by atoms with van der Waals surface area (Å²) < 4.78 is 39.9. The molecule has 346 valence electrons. The minimum Gasteiger partial charge on any atom is -0.477 e. The lowest BCUT2D eigenvalue weighted by Gasteiger charge is -2.46. The molecule has 2 aromatic rings. The molecule has 0 saturated carbocycles. The van der Waals surface area contributed by atoms with Crippen molar-refractivity contribution in [1.29, 1.82) is 0 Å². The number of aliphatic hydroxyl groups is 6. The molecule has 7 unspecified atom stereocenters. The average molecular weight is 940 g/mol. The van der Waals surface area contributed by atoms with E-state index in [0.717, 1.165) is 15.8 Å². The molecule has 2 aliphatic rings. The number of anilines is 1. The Morgan fingerprint density at radius 3 is 2.52 bits per heavy atom. The van der Waals surface area contributed by atoms with Crippen LogP contribution in [0, 0.1) is 5.92 Å². The second kappa shape index (κ2) is 24.0. The summed E-state index contributed by atoms with van der Waals surface area (Å²) in [6.45, 7) is -2.59. The fourth-order valence-electron chi connectivity index (χ4n) is 6.27. The molecule has 4 rings (SSSR count). The molecule has 11 N–H and O–H groups in total. The lowest BCUT2D eigenvalue weighted by Crippen LogP contribution is -2.62. The number of ether oxygens (including phenoxy) is 3. The fourth-order valence-corrected chi connectivity index (χ4v) is 9.14. The van der Waals surface area contributed by atoms with Crippen LogP contribution in [0.5, 0.6) is 0 Å². The van der Waals surface area contributed by atoms with Gasteiger partial charge in [-0.05, 0) is 35.4 Å². The molecule has 0 spiro atoms. The van der Waals surface area contributed by atoms with Crippen molar-refractivity contribution >= 4 is 58.7 Å². The number of carboxylic acid groups (broad SMARTS) is 1. The number of phosphoric acid groups is 1. The molecular weight excluding hydrogens is 890 g/mol. The first-order valence-electron chi connectivity index (χ1n) is 19.0. The van der Waals surface area contributed by atoms with Crippen LogP contribution in [-0.4, -0.2) is 166 Å². The minimum absolute atomic E-state index is 0.0254. The predicted molar refractivity (Wildman–Crippen MR) is 214 cm³/mol. The number of hydrogen-bond donors (Lipinski definition) is 10. The molecule has 11 atom stereocenters. The van der Waals surface area contributed by atoms with E-state index in [2.05, 4.69) is 15.3 Å². The number of nitrogens with one attached hydrogen (secondary N) is 1. The van der Waals surface area contributed by atoms with E-state index in [1.165, 1.54) is 27.7 Å². The van der Waals surface area contributed by atoms with Gasteiger partial charge in [0.05, 0.1) is 38.6 Å². The lowest BCUT2D eigenvalue weighted by molar-refractivity contribution is -0.298. The van der Waals surface area contributed by atoms with E-state index in [1.54, 1.807) is 6.20 Å². The number of aliphatic hydroxyl groups excluding tert-OH is 6. The molecule has 62 heavy (non-hydrogen) atoms. The van der Waals surface area contributed by atoms with Gasteiger partial charge in [-0.15, -0.1) is 0 Å². The maximum absolute atomic E-state index is 13.1. The van der Waals surface area contributed by atoms with E-state index >= 15 is 0 Å². The van der Waals surface area contributed by atoms with E-state index in [4.69, 9.17) is 29.0 Å². The Bertz CT molecular complexity index is 1920. The molecule has 0 bridgehead atoms. The summed E-state index contributed by atoms with van der Waals surface area (Å²) in [5.74, 6) is -7.80. The monoisotopic (exact) mass is 939 g/mol. The van der Waals surface area contributed by atoms with Crippen LogP contribution in [0.3, 0.4) is 0 Å². The highest BCUT2D eigenvalue weighted by Gasteiger charge is 2.59. The smallest absolute Gasteiger partial charge is 0.475 e. The molecule has 1 amide bonds. The number of pyridine rings is 1. The van der Waals surface area contributed by atoms with Gasteiger partial charge < -0.3 is 65.9 Å². The van der Waals surface area contributed by atoms with E-state index < -0.39 is 124 Å². The topological polar surface area (TPSA) is 379 Å². The molecule has 0 aromatic carbocycles. The van der Waals surface area contributed by atoms with Crippen molar-refractivity contribution in [3.63, 3.8) is 0 Å². The van der Waals surface area contributed by atoms with Crippen LogP contribution in [0.1, 0.15) is 44.8 Å². The van der Waals surface area contributed by atoms with Gasteiger partial charge in [0.15, 0.2) is 12.0 Å². The summed E-state index contributed by atoms with van der Waals surface area (Å²) in [7, 11) is -2.62. The number of nitrogens with two attached hydrogens (primary N) is 1. The minimum atomic E-state index is -5.63. The van der Waals surface area contributed by atoms with E-state index in [1.807, 2.05) is 18.2 Å². The second-order valence-electron chi connectivity index (χ2n) is 14.1. The standard InChI is InChI=1S/C35H50N5O19PS2/c36-25-6-10-40(34(52)39-25)32-30(49)29(48)24(57-32)18-56-60(53,54)59-35(33(50)51)15-22(44)21(31(58-35)28(47)23(45)17-41)14-20(43)16-38-26(46)7-12-55-11-3-4-19(42)8-13-61-62-27-5-1-2-9-37-27/h1-2,5-6,9-10,21-24,28-32,41,44-45,47-49H,3-4,7-8,11-18H2,(H,38,46)(H,50,51)(H,53,54)(H2,36,39,52)/t21?,22?,23-,24-,28?,29+,30?,31?,32-,35?/m1/s1. The number of carboxylic acids is 1. The van der Waals surface area contributed by atoms with Crippen molar-refractivity contribution in [3.8, 4) is 0 Å². The zero-order chi connectivity index (χ0) is 45.6. The Balaban J connectivity index is 1.25. The van der Waals surface area contributed by atoms with Gasteiger partial charge in [-0.3, -0.25) is 23.5 Å². The van der Waals surface area contributed by atoms with Crippen molar-refractivity contribution in [2.75, 3.05) is 44.5 Å². The second-order valence-corrected chi connectivity index (χ2v) is 17.9. The largest absolute Gasteiger partial charge is 0.477 e. The molecule has 2 aliphatic heterocycles. The Morgan fingerprint density at radius 2 is 1.84 bits per heavy atom. The van der Waals surface area contributed by atoms with Crippen LogP contribution in [0.25, 0.3) is 0 Å². The molecule has 27 heteroatoms. The van der Waals surface area contributed by atoms with Crippen LogP contribution in [0.2, 0.25) is 0 Å². The first kappa shape index (κ1) is 51.2. The first-order chi connectivity index (χ1) is 29.4. The Morgan fingerprint density at radius 1 is 1.08 bits per heavy atom. The number of ketones is 2. The quantitative estimate of drug-likeness (QED) is 0.0274. The number of amides is 1. The lowest BCUT2D eigenvalue weighted by atomic mass is 9.80. The van der Waals surface area contributed by atoms with Crippen molar-refractivity contribution in [1.82, 2.24) is 19.9 Å². The van der Waals surface area contributed by atoms with Crippen LogP contribution < -0.4 is 16.7 Å². The molecule has 2 fully saturated rings. The van der Waals surface area contributed by atoms with E-state index in [0.29, 0.717) is 25.0 Å². The molecule has 2 aromatic heterocycles. The van der Waals surface area contributed by atoms with Crippen LogP contribution in [0.4, 0.5) is 5.82 Å². The Kier molecular flexibility index (Phi) is 19.8. The summed E-state index contributed by atoms with van der Waals surface area (Å²) in [4.78, 5) is 80.5. The number of rotatable bonds is 26. The van der Waals surface area contributed by atoms with Gasteiger partial charge in [-0.1, -0.05) is 16.9 Å². The highest BCUT2D eigenvalue weighted by molar-refractivity contribution is 8.76. The maximum Gasteiger partial charge on any atom is 0.475 e. The van der Waals surface area contributed by atoms with Crippen molar-refractivity contribution in [2.45, 2.75) is 98.3 Å². The summed E-state index contributed by atoms with van der Waals surface area (Å²) in [6.07, 6.45) is -13.2. The first-order valence-corrected chi connectivity index (χ1v) is 22.9. The molecular formula is C35H50N5O19PS2.